The highest BCUT2D eigenvalue weighted by molar-refractivity contribution is 5.24. The molecule has 0 radical (unpaired) electrons. The van der Waals surface area contributed by atoms with Crippen molar-refractivity contribution in [2.45, 2.75) is 0 Å². The first-order chi connectivity index (χ1) is 2.27. The van der Waals surface area contributed by atoms with Crippen LogP contribution in [0.2, 0.25) is 0 Å². The molecule has 0 aliphatic rings. The summed E-state index contributed by atoms with van der Waals surface area (Å²) in [4.78, 5) is 7.81. The summed E-state index contributed by atoms with van der Waals surface area (Å²) in [5, 5.41) is 16.1. The zero-order chi connectivity index (χ0) is 4.28. The lowest BCUT2D eigenvalue weighted by Gasteiger charge is -1.65. The molecule has 0 aliphatic heterocycles. The summed E-state index contributed by atoms with van der Waals surface area (Å²) in [6.07, 6.45) is 0.611. The molecule has 0 heterocycles. The highest BCUT2D eigenvalue weighted by Gasteiger charge is 1.68. The quantitative estimate of drug-likeness (QED) is 0.135. The minimum Gasteiger partial charge on any atom is -0.407 e. The van der Waals surface area contributed by atoms with E-state index in [0.29, 0.717) is 6.08 Å². The normalized spacial score (nSPS) is 5.60. The molecule has 0 aromatic rings. The summed E-state index contributed by atoms with van der Waals surface area (Å²) < 4.78 is 0. The van der Waals surface area contributed by atoms with E-state index in [1.54, 1.807) is 0 Å². The first kappa shape index (κ1) is 3.98. The van der Waals surface area contributed by atoms with Crippen molar-refractivity contribution >= 4 is 6.08 Å². The molecule has 0 unspecified atom stereocenters. The van der Waals surface area contributed by atoms with E-state index in [1.165, 1.54) is 0 Å². The van der Waals surface area contributed by atoms with Crippen molar-refractivity contribution in [3.05, 3.63) is 5.21 Å². The summed E-state index contributed by atoms with van der Waals surface area (Å²) in [6.45, 7) is 0. The van der Waals surface area contributed by atoms with Gasteiger partial charge in [0.25, 0.3) is 0 Å². The van der Waals surface area contributed by atoms with Gasteiger partial charge in [-0.15, -0.1) is 0 Å². The van der Waals surface area contributed by atoms with Crippen LogP contribution in [-0.4, -0.2) is 16.2 Å². The summed E-state index contributed by atoms with van der Waals surface area (Å²) in [7, 11) is 0. The molecule has 28 valence electrons. The molecule has 1 N–H and O–H groups in total. The van der Waals surface area contributed by atoms with E-state index in [-0.39, 0.29) is 0 Å². The van der Waals surface area contributed by atoms with Crippen LogP contribution in [0.4, 0.5) is 0 Å². The van der Waals surface area contributed by atoms with E-state index in [0.717, 1.165) is 0 Å². The van der Waals surface area contributed by atoms with Crippen molar-refractivity contribution in [2.24, 2.45) is 0 Å². The Bertz CT molecular complexity index is 67.0. The molecule has 0 rings (SSSR count). The summed E-state index contributed by atoms with van der Waals surface area (Å²) in [6, 6.07) is 0. The molecule has 0 amide bonds. The third kappa shape index (κ3) is 2.98. The van der Waals surface area contributed by atoms with E-state index in [1.807, 2.05) is 0 Å². The Labute approximate surface area is 27.5 Å². The number of carbonyl (C=O) groups excluding carboxylic acids is 1. The van der Waals surface area contributed by atoms with E-state index in [2.05, 4.69) is 0 Å². The Morgan fingerprint density at radius 2 is 2.20 bits per heavy atom. The molecule has 0 saturated carbocycles. The molecule has 0 aromatic heterocycles. The first-order valence-corrected chi connectivity index (χ1v) is 0.810. The smallest absolute Gasteiger partial charge is 0.407 e. The molecule has 0 spiro atoms. The van der Waals surface area contributed by atoms with E-state index in [4.69, 9.17) is 15.2 Å². The minimum atomic E-state index is -0.931. The molecular formula is CHNO3. The predicted octanol–water partition coefficient (Wildman–Crippen LogP) is -0.778. The van der Waals surface area contributed by atoms with Crippen molar-refractivity contribution in [1.82, 2.24) is 0 Å². The van der Waals surface area contributed by atoms with Crippen molar-refractivity contribution in [3.63, 3.8) is 0 Å². The summed E-state index contributed by atoms with van der Waals surface area (Å²) in [5.74, 6) is 0. The van der Waals surface area contributed by atoms with Gasteiger partial charge in [0.1, 0.15) is 4.90 Å². The van der Waals surface area contributed by atoms with Crippen LogP contribution in [0, 0.1) is 5.21 Å². The van der Waals surface area contributed by atoms with Crippen molar-refractivity contribution in [3.8, 4) is 0 Å². The van der Waals surface area contributed by atoms with Gasteiger partial charge in [-0.1, -0.05) is 0 Å². The highest BCUT2D eigenvalue weighted by atomic mass is 16.8. The summed E-state index contributed by atoms with van der Waals surface area (Å²) in [5.41, 5.74) is 0. The predicted molar refractivity (Wildman–Crippen MR) is 11.1 cm³/mol. The van der Waals surface area contributed by atoms with Gasteiger partial charge in [-0.2, -0.15) is 4.79 Å². The van der Waals surface area contributed by atoms with Gasteiger partial charge in [0, 0.05) is 0 Å². The molecule has 0 fully saturated rings. The van der Waals surface area contributed by atoms with Gasteiger partial charge >= 0.3 is 6.08 Å². The third-order valence-electron chi connectivity index (χ3n) is 0.0781. The van der Waals surface area contributed by atoms with Crippen LogP contribution in [0.15, 0.2) is 0 Å². The van der Waals surface area contributed by atoms with E-state index >= 15 is 0 Å². The van der Waals surface area contributed by atoms with Crippen molar-refractivity contribution in [1.29, 1.82) is 0 Å². The van der Waals surface area contributed by atoms with E-state index in [9.17, 15) is 0 Å². The lowest BCUT2D eigenvalue weighted by atomic mass is 11.6. The molecule has 0 saturated heterocycles. The Hall–Kier alpha value is -1.02. The van der Waals surface area contributed by atoms with Crippen molar-refractivity contribution in [2.75, 3.05) is 0 Å². The molecule has 0 bridgehead atoms. The number of isocyanates is 1. The maximum Gasteiger partial charge on any atom is 0.494 e. The Kier molecular flexibility index (Phi) is 1.05. The molecule has 0 atom stereocenters. The maximum atomic E-state index is 8.86. The fourth-order valence-electron chi connectivity index (χ4n) is 0. The molecule has 4 nitrogen and oxygen atoms in total. The second kappa shape index (κ2) is 1.32. The average Bonchev–Trinajstić information content (AvgIpc) is 1.38. The van der Waals surface area contributed by atoms with Gasteiger partial charge in [-0.05, 0) is 0 Å². The highest BCUT2D eigenvalue weighted by Crippen LogP contribution is 1.38. The fourth-order valence-corrected chi connectivity index (χ4v) is 0. The van der Waals surface area contributed by atoms with Gasteiger partial charge in [0.05, 0.1) is 0 Å². The second-order valence-corrected chi connectivity index (χ2v) is 0.364. The lowest BCUT2D eigenvalue weighted by molar-refractivity contribution is -0.723. The second-order valence-electron chi connectivity index (χ2n) is 0.364. The van der Waals surface area contributed by atoms with Crippen LogP contribution in [-0.2, 0) is 4.79 Å². The standard InChI is InChI=1S/CHNO3/c3-1-2(4)5/h(H,4,5). The number of nitrogens with zero attached hydrogens (tertiary/aromatic N) is 1. The topological polar surface area (TPSA) is 63.4 Å². The molecule has 5 heavy (non-hydrogen) atoms. The van der Waals surface area contributed by atoms with Crippen molar-refractivity contribution < 1.29 is 14.9 Å². The zero-order valence-electron chi connectivity index (χ0n) is 2.21. The number of rotatable bonds is 0. The van der Waals surface area contributed by atoms with Crippen LogP contribution in [0.25, 0.3) is 0 Å². The van der Waals surface area contributed by atoms with Gasteiger partial charge < -0.3 is 5.21 Å². The number of hydrogen-bond acceptors (Lipinski definition) is 3. The maximum absolute atomic E-state index is 8.86. The Morgan fingerprint density at radius 1 is 2.00 bits per heavy atom. The first-order valence-electron chi connectivity index (χ1n) is 0.810. The van der Waals surface area contributed by atoms with E-state index < -0.39 is 4.90 Å². The molecule has 4 heteroatoms. The lowest BCUT2D eigenvalue weighted by Crippen LogP contribution is -1.87. The molecule has 0 aliphatic carbocycles. The molecule has 0 aromatic carbocycles. The van der Waals surface area contributed by atoms with Crippen LogP contribution in [0.1, 0.15) is 0 Å². The van der Waals surface area contributed by atoms with Crippen LogP contribution in [0.3, 0.4) is 0 Å². The zero-order valence-corrected chi connectivity index (χ0v) is 2.21. The average molecular weight is 75.0 g/mol. The fraction of sp³-hybridized carbons (Fsp3) is 0. The molecular weight excluding hydrogens is 74.0 g/mol. The van der Waals surface area contributed by atoms with Gasteiger partial charge in [0.2, 0.25) is 0 Å². The Morgan fingerprint density at radius 3 is 2.20 bits per heavy atom. The summed E-state index contributed by atoms with van der Waals surface area (Å²) >= 11 is 0. The minimum absolute atomic E-state index is 0.611. The van der Waals surface area contributed by atoms with Crippen LogP contribution in [0.5, 0.6) is 0 Å². The SMILES string of the molecule is O=C=[N+]([O-])O. The third-order valence-corrected chi connectivity index (χ3v) is 0.0781. The van der Waals surface area contributed by atoms with Crippen LogP contribution < -0.4 is 0 Å². The Balaban J connectivity index is 3.60. The monoisotopic (exact) mass is 75.0 g/mol. The largest absolute Gasteiger partial charge is 0.494 e. The van der Waals surface area contributed by atoms with Crippen LogP contribution >= 0.6 is 0 Å². The number of hydrogen-bond donors (Lipinski definition) is 1. The van der Waals surface area contributed by atoms with Gasteiger partial charge in [-0.3, -0.25) is 0 Å². The van der Waals surface area contributed by atoms with Gasteiger partial charge in [0.15, 0.2) is 0 Å². The van der Waals surface area contributed by atoms with Gasteiger partial charge in [-0.25, -0.2) is 5.21 Å².